The molecule has 8 nitrogen and oxygen atoms in total. The first-order valence-corrected chi connectivity index (χ1v) is 7.29. The molecule has 25 heavy (non-hydrogen) atoms. The number of nitrogens with one attached hydrogen (secondary N) is 3. The minimum absolute atomic E-state index is 0.0712. The minimum Gasteiger partial charge on any atom is -0.469 e. The van der Waals surface area contributed by atoms with Gasteiger partial charge in [0.2, 0.25) is 5.91 Å². The molecule has 5 N–H and O–H groups in total. The fourth-order valence-corrected chi connectivity index (χ4v) is 2.07. The maximum absolute atomic E-state index is 13.9. The van der Waals surface area contributed by atoms with Crippen LogP contribution < -0.4 is 21.7 Å². The number of carbonyl (C=O) groups excluding carboxylic acids is 3. The highest BCUT2D eigenvalue weighted by atomic mass is 19.1. The van der Waals surface area contributed by atoms with E-state index >= 15 is 0 Å². The Morgan fingerprint density at radius 3 is 2.56 bits per heavy atom. The van der Waals surface area contributed by atoms with Gasteiger partial charge >= 0.3 is 6.03 Å². The zero-order valence-corrected chi connectivity index (χ0v) is 13.6. The van der Waals surface area contributed by atoms with Crippen molar-refractivity contribution in [2.75, 3.05) is 10.6 Å². The van der Waals surface area contributed by atoms with E-state index < -0.39 is 29.7 Å². The Hall–Kier alpha value is -3.36. The fourth-order valence-electron chi connectivity index (χ4n) is 2.07. The Balaban J connectivity index is 2.12. The van der Waals surface area contributed by atoms with Gasteiger partial charge in [-0.2, -0.15) is 0 Å². The molecule has 0 bridgehead atoms. The van der Waals surface area contributed by atoms with Gasteiger partial charge in [0.05, 0.1) is 17.5 Å². The summed E-state index contributed by atoms with van der Waals surface area (Å²) in [5, 5.41) is 7.15. The molecule has 0 saturated carbocycles. The molecule has 0 spiro atoms. The number of hydrogen-bond donors (Lipinski definition) is 4. The first kappa shape index (κ1) is 18.0. The topological polar surface area (TPSA) is 126 Å². The zero-order valence-electron chi connectivity index (χ0n) is 13.6. The summed E-state index contributed by atoms with van der Waals surface area (Å²) in [6.07, 6.45) is 1.36. The predicted octanol–water partition coefficient (Wildman–Crippen LogP) is 1.97. The van der Waals surface area contributed by atoms with E-state index in [0.717, 1.165) is 6.07 Å². The number of imide groups is 1. The van der Waals surface area contributed by atoms with E-state index in [1.807, 2.05) is 5.32 Å². The normalized spacial score (nSPS) is 11.5. The van der Waals surface area contributed by atoms with Crippen molar-refractivity contribution in [3.8, 4) is 0 Å². The molecule has 132 valence electrons. The Kier molecular flexibility index (Phi) is 5.38. The van der Waals surface area contributed by atoms with Crippen LogP contribution in [-0.2, 0) is 4.79 Å². The maximum Gasteiger partial charge on any atom is 0.318 e. The van der Waals surface area contributed by atoms with Crippen LogP contribution in [0.5, 0.6) is 0 Å². The molecule has 0 aliphatic heterocycles. The number of amides is 4. The summed E-state index contributed by atoms with van der Waals surface area (Å²) < 4.78 is 19.0. The first-order chi connectivity index (χ1) is 11.8. The number of primary amides is 1. The van der Waals surface area contributed by atoms with Crippen molar-refractivity contribution in [1.82, 2.24) is 5.32 Å². The maximum atomic E-state index is 13.9. The van der Waals surface area contributed by atoms with Crippen LogP contribution in [0.15, 0.2) is 34.9 Å². The van der Waals surface area contributed by atoms with Crippen LogP contribution in [0.4, 0.5) is 20.6 Å². The zero-order chi connectivity index (χ0) is 18.6. The molecule has 0 aliphatic carbocycles. The third-order valence-corrected chi connectivity index (χ3v) is 3.34. The average molecular weight is 348 g/mol. The number of nitrogens with two attached hydrogens (primary N) is 1. The van der Waals surface area contributed by atoms with E-state index in [-0.39, 0.29) is 11.3 Å². The molecule has 1 heterocycles. The SMILES string of the molecule is Cc1occc1C(=O)Nc1cc(N[C@H](C)C(=O)NC(N)=O)ccc1F. The van der Waals surface area contributed by atoms with Gasteiger partial charge in [-0.1, -0.05) is 0 Å². The molecular formula is C16H17FN4O4. The minimum atomic E-state index is -0.971. The predicted molar refractivity (Wildman–Crippen MR) is 88.6 cm³/mol. The van der Waals surface area contributed by atoms with Crippen molar-refractivity contribution in [3.05, 3.63) is 47.7 Å². The van der Waals surface area contributed by atoms with Crippen LogP contribution in [0, 0.1) is 12.7 Å². The van der Waals surface area contributed by atoms with Gasteiger partial charge < -0.3 is 20.8 Å². The molecule has 1 aromatic carbocycles. The average Bonchev–Trinajstić information content (AvgIpc) is 2.96. The van der Waals surface area contributed by atoms with Crippen LogP contribution >= 0.6 is 0 Å². The van der Waals surface area contributed by atoms with E-state index in [1.165, 1.54) is 31.4 Å². The monoisotopic (exact) mass is 348 g/mol. The van der Waals surface area contributed by atoms with E-state index in [2.05, 4.69) is 10.6 Å². The van der Waals surface area contributed by atoms with Crippen molar-refractivity contribution in [3.63, 3.8) is 0 Å². The summed E-state index contributed by atoms with van der Waals surface area (Å²) in [4.78, 5) is 34.5. The van der Waals surface area contributed by atoms with Gasteiger partial charge in [0.1, 0.15) is 17.6 Å². The molecule has 0 unspecified atom stereocenters. The number of benzene rings is 1. The highest BCUT2D eigenvalue weighted by molar-refractivity contribution is 6.05. The van der Waals surface area contributed by atoms with Crippen LogP contribution in [0.1, 0.15) is 23.0 Å². The van der Waals surface area contributed by atoms with Gasteiger partial charge in [-0.15, -0.1) is 0 Å². The van der Waals surface area contributed by atoms with Crippen molar-refractivity contribution < 1.29 is 23.2 Å². The largest absolute Gasteiger partial charge is 0.469 e. The van der Waals surface area contributed by atoms with Gasteiger partial charge in [-0.25, -0.2) is 9.18 Å². The van der Waals surface area contributed by atoms with Gasteiger partial charge in [0, 0.05) is 5.69 Å². The Morgan fingerprint density at radius 2 is 1.96 bits per heavy atom. The van der Waals surface area contributed by atoms with E-state index in [1.54, 1.807) is 6.92 Å². The summed E-state index contributed by atoms with van der Waals surface area (Å²) in [5.41, 5.74) is 5.46. The Bertz CT molecular complexity index is 818. The molecule has 0 saturated heterocycles. The van der Waals surface area contributed by atoms with E-state index in [4.69, 9.17) is 10.2 Å². The Morgan fingerprint density at radius 1 is 1.24 bits per heavy atom. The molecular weight excluding hydrogens is 331 g/mol. The molecule has 0 radical (unpaired) electrons. The molecule has 1 aromatic heterocycles. The lowest BCUT2D eigenvalue weighted by molar-refractivity contribution is -0.120. The lowest BCUT2D eigenvalue weighted by Crippen LogP contribution is -2.43. The number of furan rings is 1. The van der Waals surface area contributed by atoms with Crippen LogP contribution in [0.25, 0.3) is 0 Å². The number of carbonyl (C=O) groups is 3. The number of urea groups is 1. The van der Waals surface area contributed by atoms with Crippen LogP contribution in [-0.4, -0.2) is 23.9 Å². The van der Waals surface area contributed by atoms with E-state index in [0.29, 0.717) is 11.4 Å². The number of rotatable bonds is 5. The van der Waals surface area contributed by atoms with Gasteiger partial charge in [0.15, 0.2) is 0 Å². The molecule has 4 amide bonds. The first-order valence-electron chi connectivity index (χ1n) is 7.29. The molecule has 0 fully saturated rings. The third-order valence-electron chi connectivity index (χ3n) is 3.34. The summed E-state index contributed by atoms with van der Waals surface area (Å²) in [6.45, 7) is 3.11. The van der Waals surface area contributed by atoms with Crippen molar-refractivity contribution in [2.24, 2.45) is 5.73 Å². The molecule has 0 aliphatic rings. The molecule has 2 rings (SSSR count). The van der Waals surface area contributed by atoms with Crippen LogP contribution in [0.3, 0.4) is 0 Å². The Labute approximate surface area is 142 Å². The van der Waals surface area contributed by atoms with Crippen molar-refractivity contribution in [2.45, 2.75) is 19.9 Å². The van der Waals surface area contributed by atoms with Crippen molar-refractivity contribution in [1.29, 1.82) is 0 Å². The number of halogens is 1. The fraction of sp³-hybridized carbons (Fsp3) is 0.188. The van der Waals surface area contributed by atoms with Crippen molar-refractivity contribution >= 4 is 29.2 Å². The number of hydrogen-bond acceptors (Lipinski definition) is 5. The number of anilines is 2. The summed E-state index contributed by atoms with van der Waals surface area (Å²) in [7, 11) is 0. The lowest BCUT2D eigenvalue weighted by Gasteiger charge is -2.15. The van der Waals surface area contributed by atoms with Gasteiger partial charge in [0.25, 0.3) is 5.91 Å². The van der Waals surface area contributed by atoms with Gasteiger partial charge in [-0.05, 0) is 38.1 Å². The highest BCUT2D eigenvalue weighted by Crippen LogP contribution is 2.22. The summed E-state index contributed by atoms with van der Waals surface area (Å²) >= 11 is 0. The lowest BCUT2D eigenvalue weighted by atomic mass is 10.2. The standard InChI is InChI=1S/C16H17FN4O4/c1-8(14(22)21-16(18)24)19-10-3-4-12(17)13(7-10)20-15(23)11-5-6-25-9(11)2/h3-8,19H,1-2H3,(H,20,23)(H3,18,21,22,24)/t8-/m1/s1. The molecule has 2 aromatic rings. The quantitative estimate of drug-likeness (QED) is 0.657. The second-order valence-electron chi connectivity index (χ2n) is 5.26. The molecule has 9 heteroatoms. The van der Waals surface area contributed by atoms with Gasteiger partial charge in [-0.3, -0.25) is 14.9 Å². The third kappa shape index (κ3) is 4.56. The summed E-state index contributed by atoms with van der Waals surface area (Å²) in [6, 6.07) is 3.55. The summed E-state index contributed by atoms with van der Waals surface area (Å²) in [5.74, 6) is -1.41. The van der Waals surface area contributed by atoms with E-state index in [9.17, 15) is 18.8 Å². The second kappa shape index (κ2) is 7.47. The highest BCUT2D eigenvalue weighted by Gasteiger charge is 2.17. The molecule has 1 atom stereocenters. The number of aryl methyl sites for hydroxylation is 1. The van der Waals surface area contributed by atoms with Crippen LogP contribution in [0.2, 0.25) is 0 Å². The smallest absolute Gasteiger partial charge is 0.318 e. The second-order valence-corrected chi connectivity index (χ2v) is 5.26.